The fraction of sp³-hybridized carbons (Fsp3) is 0.182. The summed E-state index contributed by atoms with van der Waals surface area (Å²) in [4.78, 5) is 11.4. The van der Waals surface area contributed by atoms with E-state index in [1.54, 1.807) is 6.07 Å². The summed E-state index contributed by atoms with van der Waals surface area (Å²) in [6, 6.07) is 3.17. The van der Waals surface area contributed by atoms with Crippen molar-refractivity contribution in [2.45, 2.75) is 11.6 Å². The van der Waals surface area contributed by atoms with Crippen molar-refractivity contribution >= 4 is 15.7 Å². The van der Waals surface area contributed by atoms with Crippen molar-refractivity contribution in [2.75, 3.05) is 11.8 Å². The van der Waals surface area contributed by atoms with Crippen LogP contribution in [0.4, 0.5) is 5.69 Å². The molecule has 0 fully saturated rings. The van der Waals surface area contributed by atoms with Gasteiger partial charge in [-0.1, -0.05) is 6.07 Å². The highest BCUT2D eigenvalue weighted by atomic mass is 32.2. The van der Waals surface area contributed by atoms with Crippen LogP contribution >= 0.6 is 0 Å². The van der Waals surface area contributed by atoms with Crippen molar-refractivity contribution in [2.24, 2.45) is 0 Å². The molecule has 19 heavy (non-hydrogen) atoms. The molecule has 2 heterocycles. The van der Waals surface area contributed by atoms with Gasteiger partial charge in [0.15, 0.2) is 5.03 Å². The maximum absolute atomic E-state index is 12.0. The number of rotatable bonds is 5. The van der Waals surface area contributed by atoms with Crippen LogP contribution in [0.15, 0.2) is 42.1 Å². The Balaban J connectivity index is 2.20. The van der Waals surface area contributed by atoms with Crippen LogP contribution in [0.25, 0.3) is 0 Å². The molecule has 100 valence electrons. The molecule has 2 aromatic rings. The number of nitrogens with one attached hydrogen (secondary N) is 2. The van der Waals surface area contributed by atoms with Gasteiger partial charge in [-0.15, -0.1) is 0 Å². The van der Waals surface area contributed by atoms with E-state index in [9.17, 15) is 8.42 Å². The van der Waals surface area contributed by atoms with E-state index >= 15 is 0 Å². The van der Waals surface area contributed by atoms with Crippen molar-refractivity contribution in [3.63, 3.8) is 0 Å². The summed E-state index contributed by atoms with van der Waals surface area (Å²) in [7, 11) is -1.90. The standard InChI is InChI=1S/C11H13N5O2S/c1-12-4-9-2-3-11(15-5-9)19(17,18)16-10-6-13-8-14-7-10/h2-3,5-8,12,16H,4H2,1H3. The molecule has 0 aliphatic carbocycles. The summed E-state index contributed by atoms with van der Waals surface area (Å²) in [5.41, 5.74) is 1.20. The molecule has 0 atom stereocenters. The van der Waals surface area contributed by atoms with Gasteiger partial charge < -0.3 is 5.32 Å². The summed E-state index contributed by atoms with van der Waals surface area (Å²) in [6.07, 6.45) is 5.59. The van der Waals surface area contributed by atoms with Crippen molar-refractivity contribution in [3.8, 4) is 0 Å². The zero-order chi connectivity index (χ0) is 13.7. The molecule has 0 aliphatic heterocycles. The second-order valence-corrected chi connectivity index (χ2v) is 5.40. The maximum atomic E-state index is 12.0. The van der Waals surface area contributed by atoms with E-state index in [2.05, 4.69) is 25.0 Å². The monoisotopic (exact) mass is 279 g/mol. The minimum Gasteiger partial charge on any atom is -0.316 e. The zero-order valence-corrected chi connectivity index (χ0v) is 11.1. The Kier molecular flexibility index (Phi) is 4.03. The Morgan fingerprint density at radius 2 is 1.89 bits per heavy atom. The summed E-state index contributed by atoms with van der Waals surface area (Å²) in [5, 5.41) is 2.92. The van der Waals surface area contributed by atoms with Crippen LogP contribution in [0, 0.1) is 0 Å². The van der Waals surface area contributed by atoms with Crippen molar-refractivity contribution < 1.29 is 8.42 Å². The van der Waals surface area contributed by atoms with Crippen LogP contribution in [0.2, 0.25) is 0 Å². The third-order valence-corrected chi connectivity index (χ3v) is 3.56. The number of sulfonamides is 1. The number of nitrogens with zero attached hydrogens (tertiary/aromatic N) is 3. The first-order valence-corrected chi connectivity index (χ1v) is 6.97. The summed E-state index contributed by atoms with van der Waals surface area (Å²) in [6.45, 7) is 0.632. The van der Waals surface area contributed by atoms with E-state index < -0.39 is 10.0 Å². The number of pyridine rings is 1. The van der Waals surface area contributed by atoms with Gasteiger partial charge in [0.25, 0.3) is 10.0 Å². The molecule has 8 heteroatoms. The molecule has 2 rings (SSSR count). The summed E-state index contributed by atoms with van der Waals surface area (Å²) >= 11 is 0. The molecule has 2 aromatic heterocycles. The first-order valence-electron chi connectivity index (χ1n) is 5.49. The molecule has 0 spiro atoms. The molecule has 0 bridgehead atoms. The Morgan fingerprint density at radius 3 is 2.47 bits per heavy atom. The lowest BCUT2D eigenvalue weighted by atomic mass is 10.3. The van der Waals surface area contributed by atoms with E-state index in [1.807, 2.05) is 7.05 Å². The molecule has 0 aliphatic rings. The van der Waals surface area contributed by atoms with E-state index in [1.165, 1.54) is 31.0 Å². The Bertz CT molecular complexity index is 628. The lowest BCUT2D eigenvalue weighted by Gasteiger charge is -2.07. The van der Waals surface area contributed by atoms with Crippen LogP contribution < -0.4 is 10.0 Å². The van der Waals surface area contributed by atoms with Crippen LogP contribution in [0.5, 0.6) is 0 Å². The highest BCUT2D eigenvalue weighted by Gasteiger charge is 2.15. The zero-order valence-electron chi connectivity index (χ0n) is 10.2. The number of hydrogen-bond donors (Lipinski definition) is 2. The fourth-order valence-corrected chi connectivity index (χ4v) is 2.40. The van der Waals surface area contributed by atoms with Gasteiger partial charge in [0.1, 0.15) is 6.33 Å². The third kappa shape index (κ3) is 3.46. The van der Waals surface area contributed by atoms with Gasteiger partial charge in [-0.05, 0) is 18.7 Å². The summed E-state index contributed by atoms with van der Waals surface area (Å²) < 4.78 is 26.4. The average molecular weight is 279 g/mol. The SMILES string of the molecule is CNCc1ccc(S(=O)(=O)Nc2cncnc2)nc1. The molecule has 0 amide bonds. The third-order valence-electron chi connectivity index (χ3n) is 2.27. The molecule has 7 nitrogen and oxygen atoms in total. The van der Waals surface area contributed by atoms with Gasteiger partial charge in [0.2, 0.25) is 0 Å². The van der Waals surface area contributed by atoms with Crippen molar-refractivity contribution in [3.05, 3.63) is 42.6 Å². The molecular weight excluding hydrogens is 266 g/mol. The van der Waals surface area contributed by atoms with E-state index in [4.69, 9.17) is 0 Å². The largest absolute Gasteiger partial charge is 0.316 e. The average Bonchev–Trinajstić information content (AvgIpc) is 2.40. The molecule has 0 saturated heterocycles. The molecule has 0 saturated carbocycles. The lowest BCUT2D eigenvalue weighted by Crippen LogP contribution is -2.15. The number of aromatic nitrogens is 3. The molecule has 0 aromatic carbocycles. The fourth-order valence-electron chi connectivity index (χ4n) is 1.44. The molecule has 0 unspecified atom stereocenters. The van der Waals surface area contributed by atoms with E-state index in [0.29, 0.717) is 12.2 Å². The number of anilines is 1. The van der Waals surface area contributed by atoms with Gasteiger partial charge in [-0.2, -0.15) is 8.42 Å². The van der Waals surface area contributed by atoms with E-state index in [0.717, 1.165) is 5.56 Å². The molecular formula is C11H13N5O2S. The van der Waals surface area contributed by atoms with Crippen molar-refractivity contribution in [1.29, 1.82) is 0 Å². The predicted molar refractivity (Wildman–Crippen MR) is 69.8 cm³/mol. The molecule has 2 N–H and O–H groups in total. The van der Waals surface area contributed by atoms with Crippen LogP contribution in [0.1, 0.15) is 5.56 Å². The second kappa shape index (κ2) is 5.72. The van der Waals surface area contributed by atoms with Crippen LogP contribution in [-0.4, -0.2) is 30.4 Å². The van der Waals surface area contributed by atoms with Crippen molar-refractivity contribution in [1.82, 2.24) is 20.3 Å². The van der Waals surface area contributed by atoms with Gasteiger partial charge >= 0.3 is 0 Å². The topological polar surface area (TPSA) is 96.9 Å². The second-order valence-electron chi connectivity index (χ2n) is 3.77. The van der Waals surface area contributed by atoms with Gasteiger partial charge in [-0.25, -0.2) is 15.0 Å². The van der Waals surface area contributed by atoms with Crippen LogP contribution in [0.3, 0.4) is 0 Å². The smallest absolute Gasteiger partial charge is 0.279 e. The van der Waals surface area contributed by atoms with Gasteiger partial charge in [-0.3, -0.25) is 4.72 Å². The minimum atomic E-state index is -3.71. The quantitative estimate of drug-likeness (QED) is 0.822. The van der Waals surface area contributed by atoms with Gasteiger partial charge in [0.05, 0.1) is 18.1 Å². The van der Waals surface area contributed by atoms with E-state index in [-0.39, 0.29) is 5.03 Å². The maximum Gasteiger partial charge on any atom is 0.279 e. The summed E-state index contributed by atoms with van der Waals surface area (Å²) in [5.74, 6) is 0. The van der Waals surface area contributed by atoms with Crippen LogP contribution in [-0.2, 0) is 16.6 Å². The first kappa shape index (κ1) is 13.4. The predicted octanol–water partition coefficient (Wildman–Crippen LogP) is 0.392. The first-order chi connectivity index (χ1) is 9.12. The highest BCUT2D eigenvalue weighted by molar-refractivity contribution is 7.92. The lowest BCUT2D eigenvalue weighted by molar-refractivity contribution is 0.597. The van der Waals surface area contributed by atoms with Gasteiger partial charge in [0, 0.05) is 12.7 Å². The Morgan fingerprint density at radius 1 is 1.16 bits per heavy atom. The minimum absolute atomic E-state index is 0.0452. The molecule has 0 radical (unpaired) electrons. The normalized spacial score (nSPS) is 11.2. The number of hydrogen-bond acceptors (Lipinski definition) is 6. The Hall–Kier alpha value is -2.06. The Labute approximate surface area is 111 Å². The highest BCUT2D eigenvalue weighted by Crippen LogP contribution is 2.12.